The Hall–Kier alpha value is -1.85. The van der Waals surface area contributed by atoms with E-state index in [1.54, 1.807) is 19.0 Å². The molecule has 18 heavy (non-hydrogen) atoms. The molecule has 6 heteroatoms. The first-order valence-electron chi connectivity index (χ1n) is 6.02. The molecular formula is C12H21N5O. The predicted molar refractivity (Wildman–Crippen MR) is 72.7 cm³/mol. The summed E-state index contributed by atoms with van der Waals surface area (Å²) in [6, 6.07) is -0.312. The topological polar surface area (TPSA) is 70.2 Å². The van der Waals surface area contributed by atoms with Gasteiger partial charge in [-0.1, -0.05) is 0 Å². The molecule has 1 amide bonds. The predicted octanol–water partition coefficient (Wildman–Crippen LogP) is 1.11. The lowest BCUT2D eigenvalue weighted by atomic mass is 10.2. The number of aromatic nitrogens is 2. The largest absolute Gasteiger partial charge is 0.373 e. The van der Waals surface area contributed by atoms with E-state index in [1.165, 1.54) is 6.33 Å². The fraction of sp³-hybridized carbons (Fsp3) is 0.583. The van der Waals surface area contributed by atoms with Crippen molar-refractivity contribution in [1.82, 2.24) is 14.9 Å². The number of hydrogen-bond acceptors (Lipinski definition) is 5. The fourth-order valence-electron chi connectivity index (χ4n) is 1.60. The van der Waals surface area contributed by atoms with Crippen LogP contribution in [0.15, 0.2) is 6.33 Å². The monoisotopic (exact) mass is 251 g/mol. The molecule has 1 aromatic heterocycles. The van der Waals surface area contributed by atoms with Gasteiger partial charge in [-0.15, -0.1) is 0 Å². The third-order valence-electron chi connectivity index (χ3n) is 2.90. The fourth-order valence-corrected chi connectivity index (χ4v) is 1.60. The highest BCUT2D eigenvalue weighted by atomic mass is 16.2. The average molecular weight is 251 g/mol. The lowest BCUT2D eigenvalue weighted by molar-refractivity contribution is -0.130. The van der Waals surface area contributed by atoms with Crippen LogP contribution in [0.1, 0.15) is 19.4 Å². The molecule has 0 aliphatic rings. The number of hydrogen-bond donors (Lipinski definition) is 2. The van der Waals surface area contributed by atoms with Gasteiger partial charge in [0.05, 0.1) is 0 Å². The lowest BCUT2D eigenvalue weighted by Gasteiger charge is -2.21. The van der Waals surface area contributed by atoms with E-state index in [1.807, 2.05) is 20.8 Å². The number of carbonyl (C=O) groups excluding carboxylic acids is 1. The molecule has 0 aliphatic carbocycles. The second-order valence-electron chi connectivity index (χ2n) is 4.16. The van der Waals surface area contributed by atoms with Crippen molar-refractivity contribution in [1.29, 1.82) is 0 Å². The van der Waals surface area contributed by atoms with Gasteiger partial charge >= 0.3 is 0 Å². The Kier molecular flexibility index (Phi) is 4.88. The van der Waals surface area contributed by atoms with Gasteiger partial charge in [0.15, 0.2) is 0 Å². The molecule has 1 unspecified atom stereocenters. The van der Waals surface area contributed by atoms with E-state index in [2.05, 4.69) is 20.6 Å². The standard InChI is InChI=1S/C12H21N5O/c1-6-17(5)12(18)9(3)16-11-8(2)10(13-4)14-7-15-11/h7,9H,6H2,1-5H3,(H2,13,14,15,16). The zero-order valence-electron chi connectivity index (χ0n) is 11.6. The van der Waals surface area contributed by atoms with Crippen LogP contribution in [-0.2, 0) is 4.79 Å². The molecule has 0 bridgehead atoms. The summed E-state index contributed by atoms with van der Waals surface area (Å²) in [6.45, 7) is 6.37. The molecule has 100 valence electrons. The van der Waals surface area contributed by atoms with Gasteiger partial charge in [-0.2, -0.15) is 0 Å². The molecule has 1 atom stereocenters. The third-order valence-corrected chi connectivity index (χ3v) is 2.90. The Bertz CT molecular complexity index is 421. The van der Waals surface area contributed by atoms with Gasteiger partial charge in [-0.25, -0.2) is 9.97 Å². The summed E-state index contributed by atoms with van der Waals surface area (Å²) in [6.07, 6.45) is 1.47. The van der Waals surface area contributed by atoms with Gasteiger partial charge in [0.25, 0.3) is 0 Å². The molecule has 1 aromatic rings. The van der Waals surface area contributed by atoms with E-state index in [-0.39, 0.29) is 11.9 Å². The molecule has 0 saturated carbocycles. The minimum Gasteiger partial charge on any atom is -0.373 e. The molecule has 1 heterocycles. The lowest BCUT2D eigenvalue weighted by Crippen LogP contribution is -2.39. The summed E-state index contributed by atoms with van der Waals surface area (Å²) in [5.41, 5.74) is 0.902. The average Bonchev–Trinajstić information content (AvgIpc) is 2.39. The van der Waals surface area contributed by atoms with Crippen molar-refractivity contribution in [3.8, 4) is 0 Å². The molecular weight excluding hydrogens is 230 g/mol. The molecule has 0 aliphatic heterocycles. The van der Waals surface area contributed by atoms with Gasteiger partial charge < -0.3 is 15.5 Å². The molecule has 0 spiro atoms. The van der Waals surface area contributed by atoms with E-state index >= 15 is 0 Å². The van der Waals surface area contributed by atoms with Crippen LogP contribution >= 0.6 is 0 Å². The Morgan fingerprint density at radius 2 is 2.06 bits per heavy atom. The van der Waals surface area contributed by atoms with Crippen LogP contribution in [0.5, 0.6) is 0 Å². The van der Waals surface area contributed by atoms with Crippen LogP contribution < -0.4 is 10.6 Å². The van der Waals surface area contributed by atoms with Gasteiger partial charge in [-0.3, -0.25) is 4.79 Å². The van der Waals surface area contributed by atoms with E-state index in [4.69, 9.17) is 0 Å². The van der Waals surface area contributed by atoms with E-state index in [0.717, 1.165) is 11.4 Å². The van der Waals surface area contributed by atoms with Crippen molar-refractivity contribution < 1.29 is 4.79 Å². The first-order valence-corrected chi connectivity index (χ1v) is 6.02. The summed E-state index contributed by atoms with van der Waals surface area (Å²) in [5, 5.41) is 6.10. The van der Waals surface area contributed by atoms with E-state index < -0.39 is 0 Å². The van der Waals surface area contributed by atoms with Crippen LogP contribution in [0.3, 0.4) is 0 Å². The minimum atomic E-state index is -0.312. The van der Waals surface area contributed by atoms with Crippen LogP contribution in [0.4, 0.5) is 11.6 Å². The number of nitrogens with one attached hydrogen (secondary N) is 2. The summed E-state index contributed by atoms with van der Waals surface area (Å²) in [4.78, 5) is 21.9. The maximum atomic E-state index is 11.9. The van der Waals surface area contributed by atoms with Crippen LogP contribution in [-0.4, -0.2) is 47.5 Å². The zero-order chi connectivity index (χ0) is 13.7. The highest BCUT2D eigenvalue weighted by Crippen LogP contribution is 2.18. The van der Waals surface area contributed by atoms with Gasteiger partial charge in [0, 0.05) is 26.2 Å². The second-order valence-corrected chi connectivity index (χ2v) is 4.16. The molecule has 0 fully saturated rings. The maximum Gasteiger partial charge on any atom is 0.244 e. The van der Waals surface area contributed by atoms with Crippen LogP contribution in [0.2, 0.25) is 0 Å². The van der Waals surface area contributed by atoms with Crippen molar-refractivity contribution in [2.45, 2.75) is 26.8 Å². The summed E-state index contributed by atoms with van der Waals surface area (Å²) >= 11 is 0. The van der Waals surface area contributed by atoms with Crippen molar-refractivity contribution in [2.75, 3.05) is 31.3 Å². The summed E-state index contributed by atoms with van der Waals surface area (Å²) < 4.78 is 0. The normalized spacial score (nSPS) is 11.8. The molecule has 0 aromatic carbocycles. The number of carbonyl (C=O) groups is 1. The SMILES string of the molecule is CCN(C)C(=O)C(C)Nc1ncnc(NC)c1C. The Morgan fingerprint density at radius 1 is 1.44 bits per heavy atom. The number of rotatable bonds is 5. The number of amides is 1. The highest BCUT2D eigenvalue weighted by Gasteiger charge is 2.17. The van der Waals surface area contributed by atoms with Crippen molar-refractivity contribution in [3.05, 3.63) is 11.9 Å². The van der Waals surface area contributed by atoms with E-state index in [9.17, 15) is 4.79 Å². The zero-order valence-corrected chi connectivity index (χ0v) is 11.6. The second kappa shape index (κ2) is 6.18. The first-order chi connectivity index (χ1) is 8.51. The van der Waals surface area contributed by atoms with Crippen molar-refractivity contribution in [3.63, 3.8) is 0 Å². The summed E-state index contributed by atoms with van der Waals surface area (Å²) in [5.74, 6) is 1.48. The van der Waals surface area contributed by atoms with Gasteiger partial charge in [-0.05, 0) is 20.8 Å². The van der Waals surface area contributed by atoms with E-state index in [0.29, 0.717) is 12.4 Å². The Labute approximate surface area is 108 Å². The van der Waals surface area contributed by atoms with Gasteiger partial charge in [0.1, 0.15) is 24.0 Å². The van der Waals surface area contributed by atoms with Crippen LogP contribution in [0.25, 0.3) is 0 Å². The summed E-state index contributed by atoms with van der Waals surface area (Å²) in [7, 11) is 3.59. The van der Waals surface area contributed by atoms with Crippen molar-refractivity contribution in [2.24, 2.45) is 0 Å². The van der Waals surface area contributed by atoms with Gasteiger partial charge in [0.2, 0.25) is 5.91 Å². The third kappa shape index (κ3) is 3.09. The molecule has 2 N–H and O–H groups in total. The van der Waals surface area contributed by atoms with Crippen molar-refractivity contribution >= 4 is 17.5 Å². The van der Waals surface area contributed by atoms with Crippen LogP contribution in [0, 0.1) is 6.92 Å². The first kappa shape index (κ1) is 14.2. The Balaban J connectivity index is 2.82. The number of nitrogens with zero attached hydrogens (tertiary/aromatic N) is 3. The molecule has 0 saturated heterocycles. The number of anilines is 2. The number of likely N-dealkylation sites (N-methyl/N-ethyl adjacent to an activating group) is 1. The minimum absolute atomic E-state index is 0.0431. The molecule has 0 radical (unpaired) electrons. The smallest absolute Gasteiger partial charge is 0.244 e. The molecule has 1 rings (SSSR count). The molecule has 6 nitrogen and oxygen atoms in total. The highest BCUT2D eigenvalue weighted by molar-refractivity contribution is 5.84. The Morgan fingerprint density at radius 3 is 2.61 bits per heavy atom. The maximum absolute atomic E-state index is 11.9. The quantitative estimate of drug-likeness (QED) is 0.820.